The zero-order valence-corrected chi connectivity index (χ0v) is 19.4. The highest BCUT2D eigenvalue weighted by molar-refractivity contribution is 5.64. The van der Waals surface area contributed by atoms with Crippen LogP contribution in [0.25, 0.3) is 24.3 Å². The van der Waals surface area contributed by atoms with Crippen LogP contribution in [-0.4, -0.2) is 15.1 Å². The molecule has 2 N–H and O–H groups in total. The fourth-order valence-electron chi connectivity index (χ4n) is 4.50. The van der Waals surface area contributed by atoms with Crippen molar-refractivity contribution in [3.8, 4) is 5.75 Å². The lowest BCUT2D eigenvalue weighted by molar-refractivity contribution is 0.408. The van der Waals surface area contributed by atoms with Crippen molar-refractivity contribution < 1.29 is 13.9 Å². The molecule has 0 spiro atoms. The lowest BCUT2D eigenvalue weighted by atomic mass is 9.85. The third-order valence-corrected chi connectivity index (χ3v) is 6.23. The van der Waals surface area contributed by atoms with E-state index in [9.17, 15) is 14.7 Å². The topological polar surface area (TPSA) is 109 Å². The van der Waals surface area contributed by atoms with E-state index in [0.29, 0.717) is 40.3 Å². The molecule has 0 bridgehead atoms. The van der Waals surface area contributed by atoms with Gasteiger partial charge >= 0.3 is 11.3 Å². The molecule has 3 aromatic rings. The molecule has 0 aliphatic heterocycles. The van der Waals surface area contributed by atoms with Crippen molar-refractivity contribution in [3.63, 3.8) is 0 Å². The van der Waals surface area contributed by atoms with Crippen LogP contribution in [0.15, 0.2) is 37.8 Å². The summed E-state index contributed by atoms with van der Waals surface area (Å²) in [5.41, 5.74) is 0.794. The van der Waals surface area contributed by atoms with Crippen molar-refractivity contribution in [2.24, 2.45) is 0 Å². The summed E-state index contributed by atoms with van der Waals surface area (Å²) in [4.78, 5) is 34.2. The molecule has 1 unspecified atom stereocenters. The molecule has 4 rings (SSSR count). The molecular formula is C27H28N2O5. The van der Waals surface area contributed by atoms with Gasteiger partial charge < -0.3 is 18.9 Å². The van der Waals surface area contributed by atoms with Gasteiger partial charge in [-0.15, -0.1) is 0 Å². The van der Waals surface area contributed by atoms with E-state index in [2.05, 4.69) is 30.0 Å². The first-order valence-electron chi connectivity index (χ1n) is 11.4. The molecular weight excluding hydrogens is 432 g/mol. The number of H-pyrrole nitrogens is 1. The molecule has 0 amide bonds. The van der Waals surface area contributed by atoms with Gasteiger partial charge in [-0.1, -0.05) is 38.7 Å². The number of unbranched alkanes of at least 4 members (excludes halogenated alkanes) is 1. The van der Waals surface area contributed by atoms with E-state index in [1.54, 1.807) is 25.3 Å². The largest absolute Gasteiger partial charge is 0.507 e. The van der Waals surface area contributed by atoms with Gasteiger partial charge in [-0.3, -0.25) is 0 Å². The van der Waals surface area contributed by atoms with E-state index in [1.165, 1.54) is 6.08 Å². The summed E-state index contributed by atoms with van der Waals surface area (Å²) in [6.07, 6.45) is 12.3. The summed E-state index contributed by atoms with van der Waals surface area (Å²) >= 11 is 0. The summed E-state index contributed by atoms with van der Waals surface area (Å²) in [6.45, 7) is 11.4. The van der Waals surface area contributed by atoms with Crippen LogP contribution in [0.3, 0.4) is 0 Å². The molecule has 3 aromatic heterocycles. The molecule has 0 fully saturated rings. The zero-order valence-electron chi connectivity index (χ0n) is 19.4. The number of aromatic nitrogens is 2. The summed E-state index contributed by atoms with van der Waals surface area (Å²) in [5, 5.41) is 11.7. The van der Waals surface area contributed by atoms with Gasteiger partial charge in [0, 0.05) is 23.9 Å². The lowest BCUT2D eigenvalue weighted by Crippen LogP contribution is -2.35. The van der Waals surface area contributed by atoms with E-state index in [-0.39, 0.29) is 22.6 Å². The number of hydrogen-bond acceptors (Lipinski definition) is 6. The predicted octanol–water partition coefficient (Wildman–Crippen LogP) is 3.49. The number of nitrogens with one attached hydrogen (secondary N) is 1. The molecule has 1 atom stereocenters. The highest BCUT2D eigenvalue weighted by atomic mass is 16.4. The van der Waals surface area contributed by atoms with Crippen LogP contribution >= 0.6 is 0 Å². The number of rotatable bonds is 8. The Morgan fingerprint density at radius 2 is 1.88 bits per heavy atom. The van der Waals surface area contributed by atoms with Crippen molar-refractivity contribution in [1.29, 1.82) is 0 Å². The second-order valence-corrected chi connectivity index (χ2v) is 8.35. The molecule has 7 nitrogen and oxygen atoms in total. The Labute approximate surface area is 196 Å². The first-order valence-corrected chi connectivity index (χ1v) is 11.4. The molecule has 3 heterocycles. The molecule has 176 valence electrons. The smallest absolute Gasteiger partial charge is 0.344 e. The Bertz CT molecular complexity index is 1500. The molecule has 0 radical (unpaired) electrons. The van der Waals surface area contributed by atoms with Crippen LogP contribution in [0, 0.1) is 6.92 Å². The molecule has 34 heavy (non-hydrogen) atoms. The summed E-state index contributed by atoms with van der Waals surface area (Å²) in [5.74, 6) is -0.160. The van der Waals surface area contributed by atoms with Crippen LogP contribution in [-0.2, 0) is 6.42 Å². The van der Waals surface area contributed by atoms with Crippen molar-refractivity contribution >= 4 is 24.3 Å². The lowest BCUT2D eigenvalue weighted by Gasteiger charge is -2.19. The van der Waals surface area contributed by atoms with Crippen molar-refractivity contribution in [1.82, 2.24) is 9.97 Å². The molecule has 1 aliphatic rings. The van der Waals surface area contributed by atoms with Crippen LogP contribution in [0.4, 0.5) is 0 Å². The Morgan fingerprint density at radius 1 is 1.15 bits per heavy atom. The number of hydrogen-bond donors (Lipinski definition) is 2. The zero-order chi connectivity index (χ0) is 24.4. The maximum absolute atomic E-state index is 13.3. The molecule has 0 aromatic carbocycles. The Hall–Kier alpha value is -3.87. The quantitative estimate of drug-likeness (QED) is 0.533. The minimum absolute atomic E-state index is 0.0345. The highest BCUT2D eigenvalue weighted by Crippen LogP contribution is 2.34. The SMILES string of the molecule is C=Cc1oc(=O)c(C(c2cnc(CCCC)[nH]2)c2c(O)c3c(oc2=O)=CCCC=3)c(C)c1C=C. The van der Waals surface area contributed by atoms with Gasteiger partial charge in [-0.25, -0.2) is 14.6 Å². The second-order valence-electron chi connectivity index (χ2n) is 8.35. The van der Waals surface area contributed by atoms with Gasteiger partial charge in [0.25, 0.3) is 0 Å². The van der Waals surface area contributed by atoms with E-state index < -0.39 is 17.2 Å². The normalized spacial score (nSPS) is 13.5. The summed E-state index contributed by atoms with van der Waals surface area (Å²) in [6, 6.07) is 0. The Morgan fingerprint density at radius 3 is 2.59 bits per heavy atom. The van der Waals surface area contributed by atoms with Crippen LogP contribution in [0.1, 0.15) is 78.1 Å². The van der Waals surface area contributed by atoms with E-state index in [0.717, 1.165) is 25.1 Å². The van der Waals surface area contributed by atoms with Gasteiger partial charge in [0.15, 0.2) is 0 Å². The standard InChI is InChI=1S/C27H28N2O5/c1-5-8-13-21-28-14-18(29-21)23(22-15(4)16(6-2)19(7-3)33-26(22)31)24-25(30)17-11-9-10-12-20(17)34-27(24)32/h6-7,11-12,14,23,30H,2-3,5,8-10,13H2,1,4H3,(H,28,29). The first kappa shape index (κ1) is 23.3. The van der Waals surface area contributed by atoms with Crippen LogP contribution < -0.4 is 21.9 Å². The van der Waals surface area contributed by atoms with Crippen molar-refractivity contribution in [3.05, 3.63) is 90.4 Å². The van der Waals surface area contributed by atoms with E-state index >= 15 is 0 Å². The van der Waals surface area contributed by atoms with Gasteiger partial charge in [-0.05, 0) is 43.9 Å². The van der Waals surface area contributed by atoms with Gasteiger partial charge in [0.2, 0.25) is 0 Å². The summed E-state index contributed by atoms with van der Waals surface area (Å²) in [7, 11) is 0. The fraction of sp³-hybridized carbons (Fsp3) is 0.296. The van der Waals surface area contributed by atoms with Crippen molar-refractivity contribution in [2.45, 2.75) is 51.9 Å². The first-order chi connectivity index (χ1) is 16.4. The summed E-state index contributed by atoms with van der Waals surface area (Å²) < 4.78 is 11.1. The fourth-order valence-corrected chi connectivity index (χ4v) is 4.50. The predicted molar refractivity (Wildman–Crippen MR) is 132 cm³/mol. The number of aromatic hydroxyl groups is 1. The van der Waals surface area contributed by atoms with E-state index in [4.69, 9.17) is 8.83 Å². The minimum Gasteiger partial charge on any atom is -0.507 e. The van der Waals surface area contributed by atoms with Gasteiger partial charge in [0.05, 0.1) is 22.3 Å². The number of imidazole rings is 1. The molecule has 1 aliphatic carbocycles. The Kier molecular flexibility index (Phi) is 6.54. The maximum atomic E-state index is 13.3. The van der Waals surface area contributed by atoms with Crippen LogP contribution in [0.2, 0.25) is 0 Å². The second kappa shape index (κ2) is 9.55. The van der Waals surface area contributed by atoms with E-state index in [1.807, 2.05) is 6.08 Å². The Balaban J connectivity index is 2.07. The monoisotopic (exact) mass is 460 g/mol. The average molecular weight is 461 g/mol. The number of nitrogens with zero attached hydrogens (tertiary/aromatic N) is 1. The number of aromatic amines is 1. The molecule has 7 heteroatoms. The van der Waals surface area contributed by atoms with Crippen molar-refractivity contribution in [2.75, 3.05) is 0 Å². The van der Waals surface area contributed by atoms with Gasteiger partial charge in [0.1, 0.15) is 22.7 Å². The third kappa shape index (κ3) is 3.98. The highest BCUT2D eigenvalue weighted by Gasteiger charge is 2.32. The third-order valence-electron chi connectivity index (χ3n) is 6.23. The maximum Gasteiger partial charge on any atom is 0.344 e. The number of aryl methyl sites for hydroxylation is 1. The van der Waals surface area contributed by atoms with Crippen LogP contribution in [0.5, 0.6) is 5.75 Å². The number of fused-ring (bicyclic) bond motifs is 1. The molecule has 0 saturated carbocycles. The molecule has 0 saturated heterocycles. The average Bonchev–Trinajstić information content (AvgIpc) is 3.29. The minimum atomic E-state index is -0.978. The van der Waals surface area contributed by atoms with Gasteiger partial charge in [-0.2, -0.15) is 0 Å².